The van der Waals surface area contributed by atoms with Crippen LogP contribution in [0, 0.1) is 11.6 Å². The van der Waals surface area contributed by atoms with Gasteiger partial charge in [-0.2, -0.15) is 0 Å². The van der Waals surface area contributed by atoms with E-state index in [2.05, 4.69) is 9.97 Å². The maximum atomic E-state index is 15.0. The van der Waals surface area contributed by atoms with Crippen molar-refractivity contribution in [2.45, 2.75) is 18.6 Å². The average Bonchev–Trinajstić information content (AvgIpc) is 3.40. The average molecular weight is 466 g/mol. The number of anilines is 1. The molecule has 170 valence electrons. The SMILES string of the molecule is OC[C@@H]1C[C@H](Oc2cc3nc(-c4c(F)cc(N5CCOCC5)cc4F)c(Cl)cc3[nH]2)CO1. The Morgan fingerprint density at radius 3 is 2.62 bits per heavy atom. The van der Waals surface area contributed by atoms with Crippen molar-refractivity contribution in [2.24, 2.45) is 0 Å². The Kier molecular flexibility index (Phi) is 5.90. The number of aliphatic hydroxyl groups is 1. The summed E-state index contributed by atoms with van der Waals surface area (Å²) >= 11 is 6.36. The van der Waals surface area contributed by atoms with E-state index >= 15 is 8.78 Å². The van der Waals surface area contributed by atoms with Crippen molar-refractivity contribution in [1.82, 2.24) is 9.97 Å². The lowest BCUT2D eigenvalue weighted by Gasteiger charge is -2.29. The molecule has 0 radical (unpaired) electrons. The van der Waals surface area contributed by atoms with E-state index < -0.39 is 11.6 Å². The minimum absolute atomic E-state index is 0.0257. The van der Waals surface area contributed by atoms with Gasteiger partial charge < -0.3 is 29.2 Å². The molecule has 4 heterocycles. The molecule has 7 nitrogen and oxygen atoms in total. The Morgan fingerprint density at radius 2 is 1.94 bits per heavy atom. The predicted molar refractivity (Wildman–Crippen MR) is 115 cm³/mol. The summed E-state index contributed by atoms with van der Waals surface area (Å²) in [4.78, 5) is 9.35. The molecule has 10 heteroatoms. The second kappa shape index (κ2) is 8.82. The van der Waals surface area contributed by atoms with Gasteiger partial charge in [-0.3, -0.25) is 0 Å². The van der Waals surface area contributed by atoms with E-state index in [1.807, 2.05) is 4.90 Å². The standard InChI is InChI=1S/C22H22ClF2N3O4/c23-15-8-18-19(9-20(26-18)32-14-7-13(10-29)31-11-14)27-22(15)21-16(24)5-12(6-17(21)25)28-1-3-30-4-2-28/h5-6,8-9,13-14,26,29H,1-4,7,10-11H2/t13-,14-/m0/s1. The molecule has 3 aromatic rings. The van der Waals surface area contributed by atoms with Crippen LogP contribution in [0.2, 0.25) is 5.02 Å². The number of halogens is 3. The topological polar surface area (TPSA) is 79.8 Å². The molecule has 0 amide bonds. The third kappa shape index (κ3) is 4.13. The number of aromatic amines is 1. The number of aliphatic hydroxyl groups excluding tert-OH is 1. The highest BCUT2D eigenvalue weighted by Crippen LogP contribution is 2.36. The molecule has 0 bridgehead atoms. The normalized spacial score (nSPS) is 21.4. The van der Waals surface area contributed by atoms with Gasteiger partial charge in [0.15, 0.2) is 5.88 Å². The zero-order chi connectivity index (χ0) is 22.2. The second-order valence-electron chi connectivity index (χ2n) is 7.88. The predicted octanol–water partition coefficient (Wildman–Crippen LogP) is 3.53. The number of nitrogens with one attached hydrogen (secondary N) is 1. The third-order valence-electron chi connectivity index (χ3n) is 5.71. The Morgan fingerprint density at radius 1 is 1.19 bits per heavy atom. The van der Waals surface area contributed by atoms with E-state index in [9.17, 15) is 5.11 Å². The number of ether oxygens (including phenoxy) is 3. The molecular weight excluding hydrogens is 444 g/mol. The first-order valence-corrected chi connectivity index (χ1v) is 10.8. The van der Waals surface area contributed by atoms with Crippen LogP contribution in [0.25, 0.3) is 22.3 Å². The lowest BCUT2D eigenvalue weighted by atomic mass is 10.1. The number of morpholine rings is 1. The van der Waals surface area contributed by atoms with Crippen molar-refractivity contribution in [3.05, 3.63) is 40.9 Å². The van der Waals surface area contributed by atoms with E-state index in [0.717, 1.165) is 0 Å². The van der Waals surface area contributed by atoms with Crippen molar-refractivity contribution in [3.8, 4) is 17.1 Å². The van der Waals surface area contributed by atoms with E-state index in [4.69, 9.17) is 25.8 Å². The summed E-state index contributed by atoms with van der Waals surface area (Å²) in [6, 6.07) is 5.83. The molecule has 0 saturated carbocycles. The van der Waals surface area contributed by atoms with Gasteiger partial charge in [0.1, 0.15) is 17.7 Å². The number of aromatic nitrogens is 2. The van der Waals surface area contributed by atoms with Crippen molar-refractivity contribution < 1.29 is 28.1 Å². The highest BCUT2D eigenvalue weighted by molar-refractivity contribution is 6.33. The minimum atomic E-state index is -0.731. The smallest absolute Gasteiger partial charge is 0.193 e. The van der Waals surface area contributed by atoms with E-state index in [1.165, 1.54) is 12.1 Å². The number of H-pyrrole nitrogens is 1. The molecule has 2 saturated heterocycles. The van der Waals surface area contributed by atoms with Crippen LogP contribution < -0.4 is 9.64 Å². The lowest BCUT2D eigenvalue weighted by Crippen LogP contribution is -2.36. The quantitative estimate of drug-likeness (QED) is 0.600. The summed E-state index contributed by atoms with van der Waals surface area (Å²) in [6.45, 7) is 2.47. The summed E-state index contributed by atoms with van der Waals surface area (Å²) in [5.74, 6) is -1.02. The van der Waals surface area contributed by atoms with Crippen LogP contribution in [0.4, 0.5) is 14.5 Å². The van der Waals surface area contributed by atoms with E-state index in [-0.39, 0.29) is 35.1 Å². The van der Waals surface area contributed by atoms with Gasteiger partial charge >= 0.3 is 0 Å². The van der Waals surface area contributed by atoms with Crippen LogP contribution in [-0.2, 0) is 9.47 Å². The molecule has 5 rings (SSSR count). The number of rotatable bonds is 5. The Labute approximate surface area is 187 Å². The van der Waals surface area contributed by atoms with Crippen molar-refractivity contribution >= 4 is 28.3 Å². The highest BCUT2D eigenvalue weighted by atomic mass is 35.5. The van der Waals surface area contributed by atoms with Gasteiger partial charge in [0.05, 0.1) is 59.8 Å². The number of nitrogens with zero attached hydrogens (tertiary/aromatic N) is 2. The number of hydrogen-bond acceptors (Lipinski definition) is 6. The summed E-state index contributed by atoms with van der Waals surface area (Å²) in [5, 5.41) is 9.30. The monoisotopic (exact) mass is 465 g/mol. The van der Waals surface area contributed by atoms with Gasteiger partial charge in [-0.1, -0.05) is 11.6 Å². The summed E-state index contributed by atoms with van der Waals surface area (Å²) in [7, 11) is 0. The molecular formula is C22H22ClF2N3O4. The summed E-state index contributed by atoms with van der Waals surface area (Å²) in [6.07, 6.45) is 0.115. The van der Waals surface area contributed by atoms with E-state index in [0.29, 0.717) is 61.9 Å². The van der Waals surface area contributed by atoms with Gasteiger partial charge in [-0.15, -0.1) is 0 Å². The largest absolute Gasteiger partial charge is 0.473 e. The van der Waals surface area contributed by atoms with Gasteiger partial charge in [-0.25, -0.2) is 13.8 Å². The molecule has 2 aliphatic heterocycles. The van der Waals surface area contributed by atoms with Gasteiger partial charge in [0.25, 0.3) is 0 Å². The number of fused-ring (bicyclic) bond motifs is 1. The molecule has 0 aliphatic carbocycles. The molecule has 2 aromatic heterocycles. The van der Waals surface area contributed by atoms with Gasteiger partial charge in [0, 0.05) is 31.3 Å². The third-order valence-corrected chi connectivity index (χ3v) is 6.00. The number of benzene rings is 1. The first-order valence-electron chi connectivity index (χ1n) is 10.4. The van der Waals surface area contributed by atoms with Gasteiger partial charge in [0.2, 0.25) is 0 Å². The molecule has 32 heavy (non-hydrogen) atoms. The van der Waals surface area contributed by atoms with E-state index in [1.54, 1.807) is 12.1 Å². The molecule has 2 aliphatic rings. The first-order chi connectivity index (χ1) is 15.5. The first kappa shape index (κ1) is 21.4. The molecule has 0 spiro atoms. The molecule has 2 fully saturated rings. The summed E-state index contributed by atoms with van der Waals surface area (Å²) < 4.78 is 46.6. The molecule has 2 N–H and O–H groups in total. The van der Waals surface area contributed by atoms with Crippen LogP contribution >= 0.6 is 11.6 Å². The maximum absolute atomic E-state index is 15.0. The van der Waals surface area contributed by atoms with Crippen LogP contribution in [0.3, 0.4) is 0 Å². The fourth-order valence-electron chi connectivity index (χ4n) is 4.10. The highest BCUT2D eigenvalue weighted by Gasteiger charge is 2.27. The van der Waals surface area contributed by atoms with Gasteiger partial charge in [-0.05, 0) is 18.2 Å². The van der Waals surface area contributed by atoms with Crippen molar-refractivity contribution in [2.75, 3.05) is 44.4 Å². The van der Waals surface area contributed by atoms with Crippen LogP contribution in [0.15, 0.2) is 24.3 Å². The Bertz CT molecular complexity index is 1110. The second-order valence-corrected chi connectivity index (χ2v) is 8.29. The van der Waals surface area contributed by atoms with Crippen molar-refractivity contribution in [1.29, 1.82) is 0 Å². The zero-order valence-corrected chi connectivity index (χ0v) is 17.9. The van der Waals surface area contributed by atoms with Crippen LogP contribution in [0.1, 0.15) is 6.42 Å². The van der Waals surface area contributed by atoms with Crippen molar-refractivity contribution in [3.63, 3.8) is 0 Å². The lowest BCUT2D eigenvalue weighted by molar-refractivity contribution is 0.0531. The molecule has 0 unspecified atom stereocenters. The Hall–Kier alpha value is -2.46. The van der Waals surface area contributed by atoms with Crippen LogP contribution in [-0.4, -0.2) is 66.8 Å². The van der Waals surface area contributed by atoms with Crippen LogP contribution in [0.5, 0.6) is 5.88 Å². The zero-order valence-electron chi connectivity index (χ0n) is 17.1. The summed E-state index contributed by atoms with van der Waals surface area (Å²) in [5.41, 5.74) is 1.26. The molecule has 2 atom stereocenters. The molecule has 1 aromatic carbocycles. The number of pyridine rings is 1. The fourth-order valence-corrected chi connectivity index (χ4v) is 4.34. The minimum Gasteiger partial charge on any atom is -0.473 e. The number of hydrogen-bond donors (Lipinski definition) is 2. The Balaban J connectivity index is 1.44. The maximum Gasteiger partial charge on any atom is 0.193 e. The fraction of sp³-hybridized carbons (Fsp3) is 0.409.